The molecule has 10 nitrogen and oxygen atoms in total. The summed E-state index contributed by atoms with van der Waals surface area (Å²) in [5, 5.41) is 6.35. The van der Waals surface area contributed by atoms with Crippen LogP contribution >= 0.6 is 0 Å². The largest absolute Gasteiger partial charge is 0.486 e. The highest BCUT2D eigenvalue weighted by molar-refractivity contribution is 7.89. The van der Waals surface area contributed by atoms with Crippen molar-refractivity contribution in [3.05, 3.63) is 30.0 Å². The second-order valence-corrected chi connectivity index (χ2v) is 15.1. The molecule has 1 aromatic carbocycles. The lowest BCUT2D eigenvalue weighted by Gasteiger charge is -2.38. The van der Waals surface area contributed by atoms with E-state index < -0.39 is 21.7 Å². The highest BCUT2D eigenvalue weighted by atomic mass is 32.2. The Kier molecular flexibility index (Phi) is 9.55. The van der Waals surface area contributed by atoms with Crippen LogP contribution in [-0.4, -0.2) is 104 Å². The number of anilines is 2. The van der Waals surface area contributed by atoms with Crippen molar-refractivity contribution < 1.29 is 21.9 Å². The number of halogens is 2. The Morgan fingerprint density at radius 1 is 1.00 bits per heavy atom. The van der Waals surface area contributed by atoms with Gasteiger partial charge >= 0.3 is 0 Å². The van der Waals surface area contributed by atoms with Crippen LogP contribution in [0.3, 0.4) is 0 Å². The molecule has 0 unspecified atom stereocenters. The zero-order valence-electron chi connectivity index (χ0n) is 25.8. The van der Waals surface area contributed by atoms with Gasteiger partial charge < -0.3 is 25.2 Å². The van der Waals surface area contributed by atoms with Crippen LogP contribution in [0.1, 0.15) is 52.4 Å². The van der Waals surface area contributed by atoms with Gasteiger partial charge in [-0.05, 0) is 96.6 Å². The first-order valence-electron chi connectivity index (χ1n) is 16.1. The number of rotatable bonds is 8. The second-order valence-electron chi connectivity index (χ2n) is 12.9. The van der Waals surface area contributed by atoms with Crippen LogP contribution in [0.4, 0.5) is 20.4 Å². The Hall–Kier alpha value is -2.61. The highest BCUT2D eigenvalue weighted by Gasteiger charge is 2.37. The molecule has 3 saturated heterocycles. The van der Waals surface area contributed by atoms with Crippen LogP contribution in [0.25, 0.3) is 11.3 Å². The number of sulfonamides is 1. The van der Waals surface area contributed by atoms with Crippen molar-refractivity contribution in [3.8, 4) is 17.0 Å². The quantitative estimate of drug-likeness (QED) is 0.451. The van der Waals surface area contributed by atoms with Crippen molar-refractivity contribution in [1.29, 1.82) is 0 Å². The van der Waals surface area contributed by atoms with E-state index in [-0.39, 0.29) is 34.7 Å². The molecule has 4 aliphatic heterocycles. The van der Waals surface area contributed by atoms with Gasteiger partial charge in [-0.3, -0.25) is 0 Å². The summed E-state index contributed by atoms with van der Waals surface area (Å²) in [7, 11) is -3.37. The van der Waals surface area contributed by atoms with Crippen molar-refractivity contribution in [2.45, 2.75) is 69.7 Å². The minimum Gasteiger partial charge on any atom is -0.486 e. The molecule has 2 N–H and O–H groups in total. The summed E-state index contributed by atoms with van der Waals surface area (Å²) in [6.07, 6.45) is 6.05. The lowest BCUT2D eigenvalue weighted by molar-refractivity contribution is 0.176. The fraction of sp³-hybridized carbons (Fsp3) is 0.677. The number of nitrogens with one attached hydrogen (secondary N) is 2. The number of ether oxygens (including phenoxy) is 1. The number of hydrogen-bond acceptors (Lipinski definition) is 9. The Morgan fingerprint density at radius 2 is 1.73 bits per heavy atom. The van der Waals surface area contributed by atoms with Gasteiger partial charge in [-0.25, -0.2) is 31.5 Å². The molecule has 4 aliphatic rings. The smallest absolute Gasteiger partial charge is 0.223 e. The third-order valence-corrected chi connectivity index (χ3v) is 12.0. The molecule has 5 heterocycles. The molecule has 3 fully saturated rings. The molecule has 0 atom stereocenters. The number of fused-ring (bicyclic) bond motifs is 1. The van der Waals surface area contributed by atoms with E-state index in [1.807, 2.05) is 18.7 Å². The van der Waals surface area contributed by atoms with Gasteiger partial charge in [-0.2, -0.15) is 0 Å². The zero-order chi connectivity index (χ0) is 30.8. The Bertz CT molecular complexity index is 1410. The molecule has 44 heavy (non-hydrogen) atoms. The molecular weight excluding hydrogens is 588 g/mol. The maximum absolute atomic E-state index is 15.0. The van der Waals surface area contributed by atoms with Gasteiger partial charge in [0.2, 0.25) is 16.0 Å². The average molecular weight is 634 g/mol. The molecule has 242 valence electrons. The number of benzene rings is 1. The number of piperidine rings is 3. The average Bonchev–Trinajstić information content (AvgIpc) is 3.02. The summed E-state index contributed by atoms with van der Waals surface area (Å²) < 4.78 is 64.2. The summed E-state index contributed by atoms with van der Waals surface area (Å²) in [4.78, 5) is 13.0. The molecule has 0 saturated carbocycles. The summed E-state index contributed by atoms with van der Waals surface area (Å²) in [6.45, 7) is 10.8. The van der Waals surface area contributed by atoms with Crippen LogP contribution in [0.5, 0.6) is 5.75 Å². The zero-order valence-corrected chi connectivity index (χ0v) is 26.6. The third kappa shape index (κ3) is 6.80. The normalized spacial score (nSPS) is 21.8. The Morgan fingerprint density at radius 3 is 2.43 bits per heavy atom. The van der Waals surface area contributed by atoms with E-state index >= 15 is 4.39 Å². The molecule has 0 amide bonds. The summed E-state index contributed by atoms with van der Waals surface area (Å²) in [5.74, 6) is -0.0900. The monoisotopic (exact) mass is 633 g/mol. The first-order chi connectivity index (χ1) is 21.2. The van der Waals surface area contributed by atoms with Gasteiger partial charge in [0.25, 0.3) is 0 Å². The predicted molar refractivity (Wildman–Crippen MR) is 168 cm³/mol. The summed E-state index contributed by atoms with van der Waals surface area (Å²) in [6, 6.07) is 3.02. The first kappa shape index (κ1) is 31.4. The summed E-state index contributed by atoms with van der Waals surface area (Å²) in [5.41, 5.74) is 0.892. The van der Waals surface area contributed by atoms with Gasteiger partial charge in [-0.1, -0.05) is 0 Å². The molecular formula is C31H45F2N7O3S. The molecule has 2 aromatic rings. The molecule has 6 rings (SSSR count). The minimum atomic E-state index is -3.37. The fourth-order valence-corrected chi connectivity index (χ4v) is 9.03. The molecule has 0 spiro atoms. The van der Waals surface area contributed by atoms with E-state index in [0.717, 1.165) is 38.9 Å². The molecule has 13 heteroatoms. The predicted octanol–water partition coefficient (Wildman–Crippen LogP) is 3.70. The second kappa shape index (κ2) is 13.4. The van der Waals surface area contributed by atoms with Crippen molar-refractivity contribution in [1.82, 2.24) is 24.5 Å². The Balaban J connectivity index is 1.06. The highest BCUT2D eigenvalue weighted by Crippen LogP contribution is 2.39. The van der Waals surface area contributed by atoms with E-state index in [4.69, 9.17) is 4.74 Å². The Labute approximate surface area is 259 Å². The van der Waals surface area contributed by atoms with Crippen molar-refractivity contribution >= 4 is 21.7 Å². The van der Waals surface area contributed by atoms with Crippen LogP contribution < -0.4 is 20.3 Å². The van der Waals surface area contributed by atoms with E-state index in [1.165, 1.54) is 18.9 Å². The minimum absolute atomic E-state index is 0.00462. The SMILES string of the molecule is CC(C)N1CCOc2c(F)cc(-c3nc(NC4CCN(S(=O)(=O)C5CCN(CC6CCNCC6)CC5)CC4)ncc3F)cc21. The van der Waals surface area contributed by atoms with Gasteiger partial charge in [-0.15, -0.1) is 0 Å². The lowest BCUT2D eigenvalue weighted by atomic mass is 9.96. The van der Waals surface area contributed by atoms with Crippen LogP contribution in [0.15, 0.2) is 18.3 Å². The fourth-order valence-electron chi connectivity index (χ4n) is 7.08. The van der Waals surface area contributed by atoms with Crippen LogP contribution in [0, 0.1) is 17.6 Å². The topological polar surface area (TPSA) is 103 Å². The van der Waals surface area contributed by atoms with Gasteiger partial charge in [0.15, 0.2) is 17.4 Å². The number of hydrogen-bond donors (Lipinski definition) is 2. The molecule has 0 aliphatic carbocycles. The number of nitrogens with zero attached hydrogens (tertiary/aromatic N) is 5. The molecule has 0 bridgehead atoms. The van der Waals surface area contributed by atoms with Gasteiger partial charge in [0.05, 0.1) is 23.7 Å². The molecule has 0 radical (unpaired) electrons. The number of likely N-dealkylation sites (tertiary alicyclic amines) is 1. The van der Waals surface area contributed by atoms with Crippen LogP contribution in [-0.2, 0) is 10.0 Å². The van der Waals surface area contributed by atoms with Crippen molar-refractivity contribution in [3.63, 3.8) is 0 Å². The maximum atomic E-state index is 15.0. The lowest BCUT2D eigenvalue weighted by Crippen LogP contribution is -2.49. The van der Waals surface area contributed by atoms with Crippen molar-refractivity contribution in [2.75, 3.05) is 69.2 Å². The molecule has 1 aromatic heterocycles. The van der Waals surface area contributed by atoms with Gasteiger partial charge in [0.1, 0.15) is 12.3 Å². The standard InChI is InChI=1S/C31H45F2N7O3S/c1-21(2)40-15-16-43-30-26(32)17-23(18-28(30)40)29-27(33)19-35-31(37-29)36-24-5-13-39(14-6-24)44(41,42)25-7-11-38(12-8-25)20-22-3-9-34-10-4-22/h17-19,21-22,24-25,34H,3-16,20H2,1-2H3,(H,35,36,37). The maximum Gasteiger partial charge on any atom is 0.223 e. The van der Waals surface area contributed by atoms with Crippen LogP contribution in [0.2, 0.25) is 0 Å². The van der Waals surface area contributed by atoms with Gasteiger partial charge in [0, 0.05) is 37.3 Å². The third-order valence-electron chi connectivity index (χ3n) is 9.63. The number of aromatic nitrogens is 2. The van der Waals surface area contributed by atoms with E-state index in [9.17, 15) is 12.8 Å². The summed E-state index contributed by atoms with van der Waals surface area (Å²) >= 11 is 0. The van der Waals surface area contributed by atoms with Crippen molar-refractivity contribution in [2.24, 2.45) is 5.92 Å². The first-order valence-corrected chi connectivity index (χ1v) is 17.6. The van der Waals surface area contributed by atoms with E-state index in [0.29, 0.717) is 69.1 Å². The van der Waals surface area contributed by atoms with E-state index in [1.54, 1.807) is 10.4 Å². The van der Waals surface area contributed by atoms with E-state index in [2.05, 4.69) is 25.5 Å².